The average Bonchev–Trinajstić information content (AvgIpc) is 2.04. The Balaban J connectivity index is 3.01. The Bertz CT molecular complexity index is 278. The Hall–Kier alpha value is -0.640. The molecule has 0 heterocycles. The van der Waals surface area contributed by atoms with Crippen LogP contribution >= 0.6 is 22.6 Å². The molecule has 0 saturated carbocycles. The molecule has 62 valence electrons. The monoisotopic (exact) mass is 272 g/mol. The van der Waals surface area contributed by atoms with Crippen molar-refractivity contribution in [3.63, 3.8) is 0 Å². The Kier molecular flexibility index (Phi) is 3.03. The predicted molar refractivity (Wildman–Crippen MR) is 59.5 cm³/mol. The maximum atomic E-state index is 10.9. The third-order valence-corrected chi connectivity index (χ3v) is 2.23. The van der Waals surface area contributed by atoms with Crippen molar-refractivity contribution in [2.75, 3.05) is 0 Å². The van der Waals surface area contributed by atoms with Gasteiger partial charge < -0.3 is 0 Å². The number of Topliss-reactive ketones (excluding diaryl/α,β-unsaturated/α-hetero) is 1. The molecule has 0 saturated heterocycles. The summed E-state index contributed by atoms with van der Waals surface area (Å²) in [5.74, 6) is 0.0978. The lowest BCUT2D eigenvalue weighted by Crippen LogP contribution is -1.90. The van der Waals surface area contributed by atoms with Crippen molar-refractivity contribution in [2.45, 2.75) is 6.92 Å². The minimum absolute atomic E-state index is 0.0978. The van der Waals surface area contributed by atoms with E-state index in [0.717, 1.165) is 14.7 Å². The van der Waals surface area contributed by atoms with Crippen LogP contribution in [0.15, 0.2) is 30.8 Å². The van der Waals surface area contributed by atoms with E-state index in [1.807, 2.05) is 24.3 Å². The van der Waals surface area contributed by atoms with Crippen molar-refractivity contribution in [1.29, 1.82) is 0 Å². The van der Waals surface area contributed by atoms with Gasteiger partial charge in [-0.1, -0.05) is 30.8 Å². The molecule has 0 atom stereocenters. The van der Waals surface area contributed by atoms with Gasteiger partial charge in [-0.15, -0.1) is 0 Å². The van der Waals surface area contributed by atoms with Crippen LogP contribution in [0, 0.1) is 0 Å². The van der Waals surface area contributed by atoms with Gasteiger partial charge in [0.15, 0.2) is 5.78 Å². The first-order valence-electron chi connectivity index (χ1n) is 3.57. The largest absolute Gasteiger partial charge is 0.295 e. The molecule has 1 aromatic carbocycles. The molecule has 2 heteroatoms. The second kappa shape index (κ2) is 3.85. The zero-order valence-electron chi connectivity index (χ0n) is 6.80. The quantitative estimate of drug-likeness (QED) is 0.596. The van der Waals surface area contributed by atoms with E-state index >= 15 is 0 Å². The molecule has 1 rings (SSSR count). The molecular weight excluding hydrogens is 263 g/mol. The van der Waals surface area contributed by atoms with E-state index in [4.69, 9.17) is 0 Å². The predicted octanol–water partition coefficient (Wildman–Crippen LogP) is 3.29. The first kappa shape index (κ1) is 9.45. The van der Waals surface area contributed by atoms with Crippen LogP contribution in [-0.2, 0) is 0 Å². The number of hydrogen-bond acceptors (Lipinski definition) is 1. The van der Waals surface area contributed by atoms with Gasteiger partial charge in [-0.3, -0.25) is 4.79 Å². The van der Waals surface area contributed by atoms with Gasteiger partial charge in [0.2, 0.25) is 0 Å². The van der Waals surface area contributed by atoms with E-state index in [1.54, 1.807) is 6.92 Å². The highest BCUT2D eigenvalue weighted by atomic mass is 127. The van der Waals surface area contributed by atoms with Gasteiger partial charge in [0, 0.05) is 9.14 Å². The molecule has 1 aromatic rings. The number of ketones is 1. The normalized spacial score (nSPS) is 9.50. The van der Waals surface area contributed by atoms with Gasteiger partial charge >= 0.3 is 0 Å². The van der Waals surface area contributed by atoms with Crippen molar-refractivity contribution >= 4 is 32.0 Å². The fourth-order valence-corrected chi connectivity index (χ4v) is 1.25. The fraction of sp³-hybridized carbons (Fsp3) is 0.100. The minimum Gasteiger partial charge on any atom is -0.295 e. The van der Waals surface area contributed by atoms with Crippen LogP contribution in [0.2, 0.25) is 0 Å². The number of hydrogen-bond donors (Lipinski definition) is 0. The van der Waals surface area contributed by atoms with Crippen molar-refractivity contribution in [2.24, 2.45) is 0 Å². The summed E-state index contributed by atoms with van der Waals surface area (Å²) in [5.41, 5.74) is 1.82. The van der Waals surface area contributed by atoms with E-state index in [1.165, 1.54) is 0 Å². The SMILES string of the molecule is C=C(I)c1ccc(C(C)=O)cc1. The van der Waals surface area contributed by atoms with Crippen LogP contribution in [0.5, 0.6) is 0 Å². The van der Waals surface area contributed by atoms with Crippen LogP contribution in [-0.4, -0.2) is 5.78 Å². The lowest BCUT2D eigenvalue weighted by Gasteiger charge is -1.98. The average molecular weight is 272 g/mol. The summed E-state index contributed by atoms with van der Waals surface area (Å²) in [6.45, 7) is 5.37. The Labute approximate surface area is 85.6 Å². The molecule has 1 nitrogen and oxygen atoms in total. The lowest BCUT2D eigenvalue weighted by atomic mass is 10.1. The number of benzene rings is 1. The summed E-state index contributed by atoms with van der Waals surface area (Å²) in [5, 5.41) is 0. The molecule has 0 N–H and O–H groups in total. The van der Waals surface area contributed by atoms with Gasteiger partial charge in [0.05, 0.1) is 0 Å². The van der Waals surface area contributed by atoms with Gasteiger partial charge in [-0.2, -0.15) is 0 Å². The van der Waals surface area contributed by atoms with E-state index in [0.29, 0.717) is 0 Å². The fourth-order valence-electron chi connectivity index (χ4n) is 0.886. The first-order chi connectivity index (χ1) is 5.61. The van der Waals surface area contributed by atoms with Gasteiger partial charge in [0.25, 0.3) is 0 Å². The molecular formula is C10H9IO. The van der Waals surface area contributed by atoms with Crippen molar-refractivity contribution in [1.82, 2.24) is 0 Å². The van der Waals surface area contributed by atoms with E-state index in [9.17, 15) is 4.79 Å². The van der Waals surface area contributed by atoms with Crippen LogP contribution in [0.4, 0.5) is 0 Å². The number of carbonyl (C=O) groups excluding carboxylic acids is 1. The van der Waals surface area contributed by atoms with Crippen molar-refractivity contribution < 1.29 is 4.79 Å². The molecule has 0 fully saturated rings. The topological polar surface area (TPSA) is 17.1 Å². The van der Waals surface area contributed by atoms with Crippen molar-refractivity contribution in [3.8, 4) is 0 Å². The van der Waals surface area contributed by atoms with Crippen LogP contribution in [0.1, 0.15) is 22.8 Å². The second-order valence-corrected chi connectivity index (χ2v) is 3.84. The Morgan fingerprint density at radius 2 is 1.67 bits per heavy atom. The third kappa shape index (κ3) is 2.17. The van der Waals surface area contributed by atoms with E-state index < -0.39 is 0 Å². The molecule has 0 aliphatic carbocycles. The Morgan fingerprint density at radius 3 is 2.00 bits per heavy atom. The Morgan fingerprint density at radius 1 is 1.25 bits per heavy atom. The minimum atomic E-state index is 0.0978. The summed E-state index contributed by atoms with van der Waals surface area (Å²) in [6.07, 6.45) is 0. The zero-order valence-corrected chi connectivity index (χ0v) is 8.96. The maximum Gasteiger partial charge on any atom is 0.159 e. The van der Waals surface area contributed by atoms with Crippen LogP contribution in [0.25, 0.3) is 3.58 Å². The smallest absolute Gasteiger partial charge is 0.159 e. The summed E-state index contributed by atoms with van der Waals surface area (Å²) >= 11 is 2.16. The van der Waals surface area contributed by atoms with Crippen molar-refractivity contribution in [3.05, 3.63) is 42.0 Å². The molecule has 12 heavy (non-hydrogen) atoms. The summed E-state index contributed by atoms with van der Waals surface area (Å²) in [4.78, 5) is 10.9. The van der Waals surface area contributed by atoms with Crippen LogP contribution < -0.4 is 0 Å². The van der Waals surface area contributed by atoms with E-state index in [-0.39, 0.29) is 5.78 Å². The molecule has 0 bridgehead atoms. The van der Waals surface area contributed by atoms with Gasteiger partial charge in [0.1, 0.15) is 0 Å². The second-order valence-electron chi connectivity index (χ2n) is 2.54. The van der Waals surface area contributed by atoms with E-state index in [2.05, 4.69) is 29.2 Å². The first-order valence-corrected chi connectivity index (χ1v) is 4.65. The molecule has 0 amide bonds. The standard InChI is InChI=1S/C10H9IO/c1-7(11)9-3-5-10(6-4-9)8(2)12/h3-6H,1H2,2H3. The molecule has 0 aliphatic rings. The molecule has 0 aromatic heterocycles. The lowest BCUT2D eigenvalue weighted by molar-refractivity contribution is 0.101. The zero-order chi connectivity index (χ0) is 9.14. The summed E-state index contributed by atoms with van der Waals surface area (Å²) < 4.78 is 0.989. The summed E-state index contributed by atoms with van der Waals surface area (Å²) in [7, 11) is 0. The molecule has 0 radical (unpaired) electrons. The maximum absolute atomic E-state index is 10.9. The third-order valence-electron chi connectivity index (χ3n) is 1.60. The highest BCUT2D eigenvalue weighted by Gasteiger charge is 1.98. The van der Waals surface area contributed by atoms with Gasteiger partial charge in [-0.25, -0.2) is 0 Å². The molecule has 0 unspecified atom stereocenters. The molecule has 0 spiro atoms. The number of carbonyl (C=O) groups is 1. The summed E-state index contributed by atoms with van der Waals surface area (Å²) in [6, 6.07) is 7.46. The van der Waals surface area contributed by atoms with Gasteiger partial charge in [-0.05, 0) is 35.1 Å². The molecule has 0 aliphatic heterocycles. The number of halogens is 1. The highest BCUT2D eigenvalue weighted by Crippen LogP contribution is 2.19. The number of rotatable bonds is 2. The van der Waals surface area contributed by atoms with Crippen LogP contribution in [0.3, 0.4) is 0 Å². The highest BCUT2D eigenvalue weighted by molar-refractivity contribution is 14.1.